The molecule has 3 rings (SSSR count). The van der Waals surface area contributed by atoms with Gasteiger partial charge >= 0.3 is 0 Å². The molecule has 1 fully saturated rings. The first kappa shape index (κ1) is 20.5. The van der Waals surface area contributed by atoms with Crippen molar-refractivity contribution in [2.24, 2.45) is 13.0 Å². The molecule has 2 heterocycles. The fraction of sp³-hybridized carbons (Fsp3) is 0.579. The SMILES string of the molecule is COC1CCC(C(=O)NCCc2nccs2)CC1NC(=O)c1c(C)ncn1C. The lowest BCUT2D eigenvalue weighted by Crippen LogP contribution is -2.50. The molecule has 28 heavy (non-hydrogen) atoms. The highest BCUT2D eigenvalue weighted by atomic mass is 32.1. The van der Waals surface area contributed by atoms with E-state index >= 15 is 0 Å². The van der Waals surface area contributed by atoms with Crippen molar-refractivity contribution in [2.45, 2.75) is 44.8 Å². The summed E-state index contributed by atoms with van der Waals surface area (Å²) in [6.07, 6.45) is 6.07. The Balaban J connectivity index is 1.57. The Labute approximate surface area is 168 Å². The van der Waals surface area contributed by atoms with Crippen molar-refractivity contribution in [3.05, 3.63) is 34.3 Å². The van der Waals surface area contributed by atoms with E-state index in [1.165, 1.54) is 0 Å². The van der Waals surface area contributed by atoms with E-state index < -0.39 is 0 Å². The van der Waals surface area contributed by atoms with E-state index in [-0.39, 0.29) is 29.9 Å². The number of amides is 2. The van der Waals surface area contributed by atoms with Gasteiger partial charge in [0.2, 0.25) is 5.91 Å². The molecule has 0 bridgehead atoms. The van der Waals surface area contributed by atoms with Crippen LogP contribution >= 0.6 is 11.3 Å². The van der Waals surface area contributed by atoms with Crippen LogP contribution in [0.3, 0.4) is 0 Å². The minimum Gasteiger partial charge on any atom is -0.379 e. The van der Waals surface area contributed by atoms with Crippen molar-refractivity contribution in [3.63, 3.8) is 0 Å². The zero-order valence-corrected chi connectivity index (χ0v) is 17.3. The Bertz CT molecular complexity index is 785. The van der Waals surface area contributed by atoms with Crippen molar-refractivity contribution < 1.29 is 14.3 Å². The summed E-state index contributed by atoms with van der Waals surface area (Å²) in [6, 6.07) is -0.213. The molecule has 3 unspecified atom stereocenters. The monoisotopic (exact) mass is 405 g/mol. The molecule has 9 heteroatoms. The first-order valence-corrected chi connectivity index (χ1v) is 10.3. The van der Waals surface area contributed by atoms with Gasteiger partial charge in [0.25, 0.3) is 5.91 Å². The van der Waals surface area contributed by atoms with Crippen LogP contribution in [0, 0.1) is 12.8 Å². The summed E-state index contributed by atoms with van der Waals surface area (Å²) < 4.78 is 7.27. The first-order valence-electron chi connectivity index (χ1n) is 9.47. The van der Waals surface area contributed by atoms with Crippen LogP contribution in [0.2, 0.25) is 0 Å². The van der Waals surface area contributed by atoms with Gasteiger partial charge in [-0.25, -0.2) is 9.97 Å². The molecule has 0 saturated heterocycles. The molecule has 0 aliphatic heterocycles. The number of ether oxygens (including phenoxy) is 1. The maximum atomic E-state index is 12.7. The number of thiazole rings is 1. The Hall–Kier alpha value is -2.26. The van der Waals surface area contributed by atoms with E-state index in [1.54, 1.807) is 42.6 Å². The molecular formula is C19H27N5O3S. The third kappa shape index (κ3) is 4.77. The molecule has 0 aromatic carbocycles. The van der Waals surface area contributed by atoms with E-state index in [0.717, 1.165) is 24.3 Å². The second-order valence-electron chi connectivity index (χ2n) is 7.12. The van der Waals surface area contributed by atoms with Gasteiger partial charge in [-0.3, -0.25) is 9.59 Å². The van der Waals surface area contributed by atoms with Crippen molar-refractivity contribution in [1.82, 2.24) is 25.2 Å². The Morgan fingerprint density at radius 1 is 1.36 bits per heavy atom. The van der Waals surface area contributed by atoms with Gasteiger partial charge in [-0.1, -0.05) is 0 Å². The molecule has 1 aliphatic carbocycles. The number of hydrogen-bond donors (Lipinski definition) is 2. The molecule has 152 valence electrons. The van der Waals surface area contributed by atoms with Crippen molar-refractivity contribution in [2.75, 3.05) is 13.7 Å². The number of nitrogens with zero attached hydrogens (tertiary/aromatic N) is 3. The van der Waals surface area contributed by atoms with Crippen LogP contribution in [0.1, 0.15) is 40.5 Å². The second kappa shape index (κ2) is 9.29. The quantitative estimate of drug-likeness (QED) is 0.727. The van der Waals surface area contributed by atoms with Gasteiger partial charge in [-0.2, -0.15) is 0 Å². The van der Waals surface area contributed by atoms with Crippen LogP contribution in [-0.2, 0) is 23.0 Å². The van der Waals surface area contributed by atoms with Crippen molar-refractivity contribution in [3.8, 4) is 0 Å². The van der Waals surface area contributed by atoms with E-state index in [4.69, 9.17) is 4.74 Å². The fourth-order valence-electron chi connectivity index (χ4n) is 3.74. The highest BCUT2D eigenvalue weighted by molar-refractivity contribution is 7.09. The smallest absolute Gasteiger partial charge is 0.270 e. The lowest BCUT2D eigenvalue weighted by molar-refractivity contribution is -0.127. The molecule has 0 radical (unpaired) electrons. The minimum absolute atomic E-state index is 0.0297. The minimum atomic E-state index is -0.213. The summed E-state index contributed by atoms with van der Waals surface area (Å²) in [5.41, 5.74) is 1.21. The van der Waals surface area contributed by atoms with Gasteiger partial charge in [0.05, 0.1) is 29.2 Å². The summed E-state index contributed by atoms with van der Waals surface area (Å²) in [7, 11) is 3.44. The molecule has 1 saturated carbocycles. The summed E-state index contributed by atoms with van der Waals surface area (Å²) in [6.45, 7) is 2.38. The summed E-state index contributed by atoms with van der Waals surface area (Å²) in [5, 5.41) is 9.00. The van der Waals surface area contributed by atoms with Crippen LogP contribution in [0.4, 0.5) is 0 Å². The zero-order valence-electron chi connectivity index (χ0n) is 16.5. The molecule has 1 aliphatic rings. The maximum Gasteiger partial charge on any atom is 0.270 e. The number of aryl methyl sites for hydroxylation is 2. The summed E-state index contributed by atoms with van der Waals surface area (Å²) in [4.78, 5) is 33.7. The molecule has 0 spiro atoms. The summed E-state index contributed by atoms with van der Waals surface area (Å²) >= 11 is 1.59. The van der Waals surface area contributed by atoms with Crippen LogP contribution in [-0.4, -0.2) is 52.1 Å². The lowest BCUT2D eigenvalue weighted by atomic mass is 9.83. The fourth-order valence-corrected chi connectivity index (χ4v) is 4.36. The van der Waals surface area contributed by atoms with Gasteiger partial charge in [0, 0.05) is 44.6 Å². The Kier molecular flexibility index (Phi) is 6.79. The Morgan fingerprint density at radius 3 is 2.82 bits per heavy atom. The van der Waals surface area contributed by atoms with Gasteiger partial charge in [-0.05, 0) is 26.2 Å². The van der Waals surface area contributed by atoms with Crippen molar-refractivity contribution >= 4 is 23.2 Å². The number of nitrogens with one attached hydrogen (secondary N) is 2. The van der Waals surface area contributed by atoms with E-state index in [0.29, 0.717) is 24.4 Å². The highest BCUT2D eigenvalue weighted by Gasteiger charge is 2.35. The normalized spacial score (nSPS) is 22.0. The average molecular weight is 406 g/mol. The number of carbonyl (C=O) groups is 2. The molecular weight excluding hydrogens is 378 g/mol. The predicted molar refractivity (Wildman–Crippen MR) is 106 cm³/mol. The predicted octanol–water partition coefficient (Wildman–Crippen LogP) is 1.46. The Morgan fingerprint density at radius 2 is 2.18 bits per heavy atom. The average Bonchev–Trinajstić information content (AvgIpc) is 3.31. The van der Waals surface area contributed by atoms with Crippen LogP contribution in [0.25, 0.3) is 0 Å². The van der Waals surface area contributed by atoms with Gasteiger partial charge < -0.3 is 19.9 Å². The number of imidazole rings is 1. The third-order valence-electron chi connectivity index (χ3n) is 5.23. The number of methoxy groups -OCH3 is 1. The lowest BCUT2D eigenvalue weighted by Gasteiger charge is -2.35. The highest BCUT2D eigenvalue weighted by Crippen LogP contribution is 2.27. The molecule has 2 aromatic rings. The number of aromatic nitrogens is 3. The van der Waals surface area contributed by atoms with E-state index in [1.807, 2.05) is 12.3 Å². The first-order chi connectivity index (χ1) is 13.5. The molecule has 8 nitrogen and oxygen atoms in total. The number of carbonyl (C=O) groups excluding carboxylic acids is 2. The molecule has 2 N–H and O–H groups in total. The largest absolute Gasteiger partial charge is 0.379 e. The van der Waals surface area contributed by atoms with Gasteiger partial charge in [-0.15, -0.1) is 11.3 Å². The maximum absolute atomic E-state index is 12.7. The van der Waals surface area contributed by atoms with Crippen LogP contribution < -0.4 is 10.6 Å². The standard InChI is InChI=1S/C19H27N5O3S/c1-12-17(24(2)11-22-12)19(26)23-14-10-13(4-5-15(14)27-3)18(25)21-7-6-16-20-8-9-28-16/h8-9,11,13-15H,4-7,10H2,1-3H3,(H,21,25)(H,23,26). The van der Waals surface area contributed by atoms with E-state index in [2.05, 4.69) is 20.6 Å². The van der Waals surface area contributed by atoms with Gasteiger partial charge in [0.15, 0.2) is 0 Å². The van der Waals surface area contributed by atoms with Crippen LogP contribution in [0.15, 0.2) is 17.9 Å². The number of hydrogen-bond acceptors (Lipinski definition) is 6. The topological polar surface area (TPSA) is 98.1 Å². The molecule has 2 aromatic heterocycles. The van der Waals surface area contributed by atoms with Crippen LogP contribution in [0.5, 0.6) is 0 Å². The van der Waals surface area contributed by atoms with E-state index in [9.17, 15) is 9.59 Å². The number of rotatable bonds is 7. The van der Waals surface area contributed by atoms with Crippen molar-refractivity contribution in [1.29, 1.82) is 0 Å². The second-order valence-corrected chi connectivity index (χ2v) is 8.10. The molecule has 3 atom stereocenters. The van der Waals surface area contributed by atoms with Gasteiger partial charge in [0.1, 0.15) is 5.69 Å². The zero-order chi connectivity index (χ0) is 20.1. The summed E-state index contributed by atoms with van der Waals surface area (Å²) in [5.74, 6) is -0.294. The molecule has 2 amide bonds. The third-order valence-corrected chi connectivity index (χ3v) is 6.07.